The predicted octanol–water partition coefficient (Wildman–Crippen LogP) is -0.0364. The SMILES string of the molecule is COCCCN(C)CC1(CO)COC1. The van der Waals surface area contributed by atoms with Crippen molar-refractivity contribution in [3.63, 3.8) is 0 Å². The third kappa shape index (κ3) is 3.20. The zero-order chi connectivity index (χ0) is 10.4. The Morgan fingerprint density at radius 1 is 1.50 bits per heavy atom. The van der Waals surface area contributed by atoms with Crippen LogP contribution in [-0.2, 0) is 9.47 Å². The standard InChI is InChI=1S/C10H21NO3/c1-11(4-3-5-13-2)6-10(7-12)8-14-9-10/h12H,3-9H2,1-2H3. The molecule has 84 valence electrons. The van der Waals surface area contributed by atoms with Gasteiger partial charge >= 0.3 is 0 Å². The molecule has 1 N–H and O–H groups in total. The lowest BCUT2D eigenvalue weighted by molar-refractivity contribution is -0.146. The smallest absolute Gasteiger partial charge is 0.0579 e. The Kier molecular flexibility index (Phi) is 4.81. The van der Waals surface area contributed by atoms with Gasteiger partial charge < -0.3 is 19.5 Å². The van der Waals surface area contributed by atoms with E-state index >= 15 is 0 Å². The van der Waals surface area contributed by atoms with Crippen molar-refractivity contribution >= 4 is 0 Å². The molecule has 0 radical (unpaired) electrons. The van der Waals surface area contributed by atoms with Crippen molar-refractivity contribution in [1.29, 1.82) is 0 Å². The first-order valence-electron chi connectivity index (χ1n) is 5.08. The fraction of sp³-hybridized carbons (Fsp3) is 1.00. The van der Waals surface area contributed by atoms with E-state index < -0.39 is 0 Å². The van der Waals surface area contributed by atoms with Gasteiger partial charge in [0, 0.05) is 26.8 Å². The van der Waals surface area contributed by atoms with Crippen molar-refractivity contribution in [3.8, 4) is 0 Å². The second-order valence-corrected chi connectivity index (χ2v) is 4.24. The van der Waals surface area contributed by atoms with Gasteiger partial charge in [-0.05, 0) is 13.5 Å². The Morgan fingerprint density at radius 2 is 2.21 bits per heavy atom. The van der Waals surface area contributed by atoms with Gasteiger partial charge in [-0.1, -0.05) is 0 Å². The number of aliphatic hydroxyl groups is 1. The quantitative estimate of drug-likeness (QED) is 0.590. The minimum Gasteiger partial charge on any atom is -0.396 e. The fourth-order valence-electron chi connectivity index (χ4n) is 1.75. The topological polar surface area (TPSA) is 41.9 Å². The molecule has 1 aliphatic heterocycles. The molecule has 0 unspecified atom stereocenters. The molecular formula is C10H21NO3. The van der Waals surface area contributed by atoms with Gasteiger partial charge in [0.25, 0.3) is 0 Å². The Morgan fingerprint density at radius 3 is 2.64 bits per heavy atom. The van der Waals surface area contributed by atoms with Crippen LogP contribution >= 0.6 is 0 Å². The maximum absolute atomic E-state index is 9.23. The van der Waals surface area contributed by atoms with Crippen LogP contribution in [-0.4, -0.2) is 63.7 Å². The predicted molar refractivity (Wildman–Crippen MR) is 54.3 cm³/mol. The zero-order valence-electron chi connectivity index (χ0n) is 9.16. The Hall–Kier alpha value is -0.160. The maximum Gasteiger partial charge on any atom is 0.0579 e. The third-order valence-corrected chi connectivity index (χ3v) is 2.65. The molecule has 0 atom stereocenters. The minimum atomic E-state index is 0.00181. The lowest BCUT2D eigenvalue weighted by atomic mass is 9.86. The van der Waals surface area contributed by atoms with E-state index in [0.717, 1.165) is 26.1 Å². The first kappa shape index (κ1) is 11.9. The van der Waals surface area contributed by atoms with Crippen molar-refractivity contribution in [3.05, 3.63) is 0 Å². The van der Waals surface area contributed by atoms with Crippen LogP contribution in [0.15, 0.2) is 0 Å². The number of hydrogen-bond acceptors (Lipinski definition) is 4. The van der Waals surface area contributed by atoms with Gasteiger partial charge in [-0.25, -0.2) is 0 Å². The van der Waals surface area contributed by atoms with Crippen LogP contribution in [0.5, 0.6) is 0 Å². The summed E-state index contributed by atoms with van der Waals surface area (Å²) in [5.41, 5.74) is 0.00181. The van der Waals surface area contributed by atoms with E-state index in [4.69, 9.17) is 9.47 Å². The Bertz CT molecular complexity index is 154. The molecule has 4 nitrogen and oxygen atoms in total. The third-order valence-electron chi connectivity index (χ3n) is 2.65. The van der Waals surface area contributed by atoms with E-state index in [9.17, 15) is 5.11 Å². The van der Waals surface area contributed by atoms with Gasteiger partial charge in [-0.2, -0.15) is 0 Å². The number of rotatable bonds is 7. The molecule has 1 rings (SSSR count). The number of hydrogen-bond donors (Lipinski definition) is 1. The summed E-state index contributed by atoms with van der Waals surface area (Å²) in [6.45, 7) is 4.33. The highest BCUT2D eigenvalue weighted by Gasteiger charge is 2.38. The second-order valence-electron chi connectivity index (χ2n) is 4.24. The zero-order valence-corrected chi connectivity index (χ0v) is 9.16. The van der Waals surface area contributed by atoms with Crippen LogP contribution in [0.3, 0.4) is 0 Å². The van der Waals surface area contributed by atoms with E-state index in [1.807, 2.05) is 0 Å². The summed E-state index contributed by atoms with van der Waals surface area (Å²) in [4.78, 5) is 2.23. The van der Waals surface area contributed by atoms with Crippen LogP contribution in [0.2, 0.25) is 0 Å². The molecule has 1 aliphatic rings. The summed E-state index contributed by atoms with van der Waals surface area (Å²) in [6, 6.07) is 0. The van der Waals surface area contributed by atoms with Gasteiger partial charge in [0.15, 0.2) is 0 Å². The van der Waals surface area contributed by atoms with E-state index in [1.54, 1.807) is 7.11 Å². The monoisotopic (exact) mass is 203 g/mol. The summed E-state index contributed by atoms with van der Waals surface area (Å²) in [5.74, 6) is 0. The molecular weight excluding hydrogens is 182 g/mol. The number of ether oxygens (including phenoxy) is 2. The lowest BCUT2D eigenvalue weighted by Crippen LogP contribution is -2.52. The van der Waals surface area contributed by atoms with Crippen LogP contribution in [0, 0.1) is 5.41 Å². The molecule has 4 heteroatoms. The van der Waals surface area contributed by atoms with E-state index in [1.165, 1.54) is 0 Å². The largest absolute Gasteiger partial charge is 0.396 e. The summed E-state index contributed by atoms with van der Waals surface area (Å²) in [5, 5.41) is 9.23. The van der Waals surface area contributed by atoms with Gasteiger partial charge in [-0.15, -0.1) is 0 Å². The maximum atomic E-state index is 9.23. The molecule has 14 heavy (non-hydrogen) atoms. The highest BCUT2D eigenvalue weighted by Crippen LogP contribution is 2.27. The number of methoxy groups -OCH3 is 1. The number of nitrogens with zero attached hydrogens (tertiary/aromatic N) is 1. The van der Waals surface area contributed by atoms with Gasteiger partial charge in [0.1, 0.15) is 0 Å². The lowest BCUT2D eigenvalue weighted by Gasteiger charge is -2.42. The van der Waals surface area contributed by atoms with Crippen LogP contribution < -0.4 is 0 Å². The average molecular weight is 203 g/mol. The van der Waals surface area contributed by atoms with Crippen LogP contribution in [0.1, 0.15) is 6.42 Å². The van der Waals surface area contributed by atoms with Crippen LogP contribution in [0.25, 0.3) is 0 Å². The Labute approximate surface area is 85.8 Å². The highest BCUT2D eigenvalue weighted by molar-refractivity contribution is 4.87. The van der Waals surface area contributed by atoms with Crippen molar-refractivity contribution in [2.45, 2.75) is 6.42 Å². The van der Waals surface area contributed by atoms with Gasteiger partial charge in [0.05, 0.1) is 25.2 Å². The minimum absolute atomic E-state index is 0.00181. The molecule has 0 aliphatic carbocycles. The van der Waals surface area contributed by atoms with E-state index in [2.05, 4.69) is 11.9 Å². The average Bonchev–Trinajstić information content (AvgIpc) is 2.12. The summed E-state index contributed by atoms with van der Waals surface area (Å²) in [7, 11) is 3.79. The van der Waals surface area contributed by atoms with Crippen molar-refractivity contribution in [2.75, 3.05) is 53.7 Å². The molecule has 1 saturated heterocycles. The summed E-state index contributed by atoms with van der Waals surface area (Å²) in [6.07, 6.45) is 1.04. The first-order valence-corrected chi connectivity index (χ1v) is 5.08. The van der Waals surface area contributed by atoms with Crippen molar-refractivity contribution < 1.29 is 14.6 Å². The molecule has 0 spiro atoms. The number of aliphatic hydroxyl groups excluding tert-OH is 1. The molecule has 0 saturated carbocycles. The van der Waals surface area contributed by atoms with Gasteiger partial charge in [0.2, 0.25) is 0 Å². The normalized spacial score (nSPS) is 19.7. The van der Waals surface area contributed by atoms with Crippen LogP contribution in [0.4, 0.5) is 0 Å². The Balaban J connectivity index is 2.15. The first-order chi connectivity index (χ1) is 6.72. The summed E-state index contributed by atoms with van der Waals surface area (Å²) >= 11 is 0. The van der Waals surface area contributed by atoms with Crippen molar-refractivity contribution in [2.24, 2.45) is 5.41 Å². The summed E-state index contributed by atoms with van der Waals surface area (Å²) < 4.78 is 10.1. The molecule has 0 aromatic rings. The fourth-order valence-corrected chi connectivity index (χ4v) is 1.75. The second kappa shape index (κ2) is 5.66. The molecule has 1 fully saturated rings. The highest BCUT2D eigenvalue weighted by atomic mass is 16.5. The molecule has 1 heterocycles. The van der Waals surface area contributed by atoms with Crippen molar-refractivity contribution in [1.82, 2.24) is 4.90 Å². The molecule has 0 bridgehead atoms. The molecule has 0 aromatic carbocycles. The molecule has 0 amide bonds. The van der Waals surface area contributed by atoms with E-state index in [0.29, 0.717) is 13.2 Å². The van der Waals surface area contributed by atoms with Gasteiger partial charge in [-0.3, -0.25) is 0 Å². The molecule has 0 aromatic heterocycles. The van der Waals surface area contributed by atoms with E-state index in [-0.39, 0.29) is 12.0 Å².